The molecule has 4 heterocycles. The average Bonchev–Trinajstić information content (AvgIpc) is 3.05. The molecule has 1 aromatic carbocycles. The number of piperidine rings is 3. The van der Waals surface area contributed by atoms with E-state index < -0.39 is 5.60 Å². The quantitative estimate of drug-likeness (QED) is 0.855. The van der Waals surface area contributed by atoms with Gasteiger partial charge in [-0.05, 0) is 51.3 Å². The van der Waals surface area contributed by atoms with E-state index in [2.05, 4.69) is 40.1 Å². The van der Waals surface area contributed by atoms with Crippen LogP contribution in [0.1, 0.15) is 38.2 Å². The highest BCUT2D eigenvalue weighted by Gasteiger charge is 2.56. The molecular formula is C20H28N2O2. The molecule has 4 aliphatic rings. The Morgan fingerprint density at radius 3 is 2.42 bits per heavy atom. The van der Waals surface area contributed by atoms with Gasteiger partial charge >= 0.3 is 0 Å². The maximum Gasteiger partial charge on any atom is 0.254 e. The minimum atomic E-state index is -0.748. The van der Waals surface area contributed by atoms with Crippen molar-refractivity contribution in [1.82, 2.24) is 9.80 Å². The molecule has 0 unspecified atom stereocenters. The first-order valence-corrected chi connectivity index (χ1v) is 9.18. The Morgan fingerprint density at radius 2 is 1.79 bits per heavy atom. The van der Waals surface area contributed by atoms with Crippen LogP contribution in [-0.2, 0) is 9.53 Å². The third-order valence-electron chi connectivity index (χ3n) is 6.51. The largest absolute Gasteiger partial charge is 0.369 e. The topological polar surface area (TPSA) is 32.8 Å². The fourth-order valence-corrected chi connectivity index (χ4v) is 5.08. The number of nitrogens with zero attached hydrogens (tertiary/aromatic N) is 2. The van der Waals surface area contributed by atoms with Gasteiger partial charge in [0.05, 0.1) is 6.04 Å². The zero-order chi connectivity index (χ0) is 16.9. The minimum Gasteiger partial charge on any atom is -0.369 e. The summed E-state index contributed by atoms with van der Waals surface area (Å²) in [6, 6.07) is 11.6. The molecule has 0 aliphatic carbocycles. The minimum absolute atomic E-state index is 0.146. The van der Waals surface area contributed by atoms with E-state index in [1.54, 1.807) is 7.11 Å². The van der Waals surface area contributed by atoms with Crippen molar-refractivity contribution in [3.8, 4) is 0 Å². The van der Waals surface area contributed by atoms with Crippen LogP contribution in [0.3, 0.4) is 0 Å². The summed E-state index contributed by atoms with van der Waals surface area (Å²) in [6.07, 6.45) is 2.44. The van der Waals surface area contributed by atoms with E-state index >= 15 is 0 Å². The van der Waals surface area contributed by atoms with E-state index in [0.29, 0.717) is 23.9 Å². The molecule has 1 aromatic rings. The zero-order valence-electron chi connectivity index (χ0n) is 14.9. The Hall–Kier alpha value is -1.39. The second-order valence-corrected chi connectivity index (χ2v) is 8.04. The van der Waals surface area contributed by atoms with Gasteiger partial charge in [-0.25, -0.2) is 0 Å². The monoisotopic (exact) mass is 328 g/mol. The van der Waals surface area contributed by atoms with Crippen LogP contribution < -0.4 is 0 Å². The van der Waals surface area contributed by atoms with E-state index in [9.17, 15) is 4.79 Å². The van der Waals surface area contributed by atoms with Crippen LogP contribution in [0.2, 0.25) is 0 Å². The van der Waals surface area contributed by atoms with E-state index in [4.69, 9.17) is 4.74 Å². The summed E-state index contributed by atoms with van der Waals surface area (Å²) in [7, 11) is 1.64. The maximum absolute atomic E-state index is 13.2. The van der Waals surface area contributed by atoms with Crippen LogP contribution in [0.25, 0.3) is 0 Å². The number of methoxy groups -OCH3 is 1. The van der Waals surface area contributed by atoms with Gasteiger partial charge in [0, 0.05) is 25.6 Å². The van der Waals surface area contributed by atoms with Crippen LogP contribution >= 0.6 is 0 Å². The van der Waals surface area contributed by atoms with E-state index in [0.717, 1.165) is 6.54 Å². The summed E-state index contributed by atoms with van der Waals surface area (Å²) in [6.45, 7) is 6.97. The predicted octanol–water partition coefficient (Wildman–Crippen LogP) is 2.50. The first kappa shape index (κ1) is 16.1. The van der Waals surface area contributed by atoms with Crippen molar-refractivity contribution in [2.45, 2.75) is 50.3 Å². The van der Waals surface area contributed by atoms with Crippen molar-refractivity contribution < 1.29 is 9.53 Å². The number of benzene rings is 1. The summed E-state index contributed by atoms with van der Waals surface area (Å²) in [5, 5.41) is 0. The van der Waals surface area contributed by atoms with E-state index in [1.165, 1.54) is 31.5 Å². The van der Waals surface area contributed by atoms with Gasteiger partial charge in [-0.2, -0.15) is 0 Å². The standard InChI is InChI=1S/C20H28N2O2/c1-20(2,24-3)19(23)22-13-16(14-7-5-4-6-8-14)18-17(22)15-9-11-21(18)12-10-15/h4-8,15-18H,9-13H2,1-3H3/t16-,17+,18+/m1/s1. The van der Waals surface area contributed by atoms with Crippen molar-refractivity contribution in [3.63, 3.8) is 0 Å². The van der Waals surface area contributed by atoms with Gasteiger partial charge in [-0.1, -0.05) is 30.3 Å². The number of carbonyl (C=O) groups excluding carboxylic acids is 1. The van der Waals surface area contributed by atoms with Gasteiger partial charge in [-0.3, -0.25) is 9.69 Å². The number of amides is 1. The second-order valence-electron chi connectivity index (χ2n) is 8.04. The SMILES string of the molecule is COC(C)(C)C(=O)N1C[C@H](c2ccccc2)[C@H]2[C@@H]1C1CCN2CC1. The molecule has 2 bridgehead atoms. The number of likely N-dealkylation sites (tertiary alicyclic amines) is 1. The Balaban J connectivity index is 1.70. The Labute approximate surface area is 144 Å². The highest BCUT2D eigenvalue weighted by molar-refractivity contribution is 5.85. The lowest BCUT2D eigenvalue weighted by atomic mass is 9.75. The zero-order valence-corrected chi connectivity index (χ0v) is 14.9. The fraction of sp³-hybridized carbons (Fsp3) is 0.650. The summed E-state index contributed by atoms with van der Waals surface area (Å²) < 4.78 is 5.51. The van der Waals surface area contributed by atoms with Crippen LogP contribution in [0.5, 0.6) is 0 Å². The molecule has 4 nitrogen and oxygen atoms in total. The highest BCUT2D eigenvalue weighted by Crippen LogP contribution is 2.47. The van der Waals surface area contributed by atoms with Crippen molar-refractivity contribution >= 4 is 5.91 Å². The number of ether oxygens (including phenoxy) is 1. The van der Waals surface area contributed by atoms with Crippen molar-refractivity contribution in [3.05, 3.63) is 35.9 Å². The van der Waals surface area contributed by atoms with Crippen molar-refractivity contribution in [2.24, 2.45) is 5.92 Å². The van der Waals surface area contributed by atoms with Crippen LogP contribution in [-0.4, -0.2) is 60.1 Å². The predicted molar refractivity (Wildman–Crippen MR) is 93.9 cm³/mol. The molecule has 4 saturated heterocycles. The molecule has 4 aliphatic heterocycles. The lowest BCUT2D eigenvalue weighted by Crippen LogP contribution is -2.62. The molecule has 0 saturated carbocycles. The van der Waals surface area contributed by atoms with Crippen LogP contribution in [0.4, 0.5) is 0 Å². The van der Waals surface area contributed by atoms with Crippen molar-refractivity contribution in [2.75, 3.05) is 26.7 Å². The number of hydrogen-bond acceptors (Lipinski definition) is 3. The number of rotatable bonds is 3. The molecule has 1 amide bonds. The summed E-state index contributed by atoms with van der Waals surface area (Å²) in [5.41, 5.74) is 0.618. The van der Waals surface area contributed by atoms with Gasteiger partial charge in [0.25, 0.3) is 5.91 Å². The molecule has 4 fully saturated rings. The molecule has 24 heavy (non-hydrogen) atoms. The summed E-state index contributed by atoms with van der Waals surface area (Å²) in [4.78, 5) is 18.0. The third-order valence-corrected chi connectivity index (χ3v) is 6.51. The van der Waals surface area contributed by atoms with Crippen LogP contribution in [0, 0.1) is 5.92 Å². The second kappa shape index (κ2) is 5.85. The van der Waals surface area contributed by atoms with Gasteiger partial charge in [0.2, 0.25) is 0 Å². The lowest BCUT2D eigenvalue weighted by Gasteiger charge is -2.51. The normalized spacial score (nSPS) is 35.1. The highest BCUT2D eigenvalue weighted by atomic mass is 16.5. The van der Waals surface area contributed by atoms with Gasteiger partial charge in [0.15, 0.2) is 0 Å². The first-order valence-electron chi connectivity index (χ1n) is 9.18. The average molecular weight is 328 g/mol. The number of carbonyl (C=O) groups is 1. The molecule has 130 valence electrons. The Kier molecular flexibility index (Phi) is 3.92. The first-order chi connectivity index (χ1) is 11.5. The van der Waals surface area contributed by atoms with Crippen molar-refractivity contribution in [1.29, 1.82) is 0 Å². The fourth-order valence-electron chi connectivity index (χ4n) is 5.08. The molecule has 0 aromatic heterocycles. The molecule has 5 rings (SSSR count). The van der Waals surface area contributed by atoms with Gasteiger partial charge < -0.3 is 9.64 Å². The molecule has 4 heteroatoms. The lowest BCUT2D eigenvalue weighted by molar-refractivity contribution is -0.155. The Bertz CT molecular complexity index is 607. The van der Waals surface area contributed by atoms with E-state index in [-0.39, 0.29) is 5.91 Å². The Morgan fingerprint density at radius 1 is 1.12 bits per heavy atom. The van der Waals surface area contributed by atoms with Gasteiger partial charge in [-0.15, -0.1) is 0 Å². The molecular weight excluding hydrogens is 300 g/mol. The smallest absolute Gasteiger partial charge is 0.254 e. The molecule has 0 N–H and O–H groups in total. The van der Waals surface area contributed by atoms with Crippen LogP contribution in [0.15, 0.2) is 30.3 Å². The summed E-state index contributed by atoms with van der Waals surface area (Å²) >= 11 is 0. The maximum atomic E-state index is 13.2. The molecule has 3 atom stereocenters. The molecule has 0 radical (unpaired) electrons. The van der Waals surface area contributed by atoms with E-state index in [1.807, 2.05) is 13.8 Å². The number of fused-ring (bicyclic) bond motifs is 2. The third kappa shape index (κ3) is 2.39. The molecule has 0 spiro atoms. The van der Waals surface area contributed by atoms with Gasteiger partial charge in [0.1, 0.15) is 5.60 Å². The summed E-state index contributed by atoms with van der Waals surface area (Å²) in [5.74, 6) is 1.20. The number of hydrogen-bond donors (Lipinski definition) is 0.